The molecule has 1 aromatic heterocycles. The Hall–Kier alpha value is -2.30. The van der Waals surface area contributed by atoms with Gasteiger partial charge in [0.15, 0.2) is 11.4 Å². The molecule has 0 fully saturated rings. The largest absolute Gasteiger partial charge is 0.504 e. The minimum Gasteiger partial charge on any atom is -0.504 e. The smallest absolute Gasteiger partial charge is 0.264 e. The average molecular weight is 310 g/mol. The number of phenols is 1. The number of aromatic hydroxyl groups is 1. The van der Waals surface area contributed by atoms with Crippen molar-refractivity contribution < 1.29 is 13.5 Å². The summed E-state index contributed by atoms with van der Waals surface area (Å²) in [6.45, 7) is 0. The van der Waals surface area contributed by atoms with Crippen LogP contribution >= 0.6 is 11.6 Å². The second kappa shape index (κ2) is 5.36. The van der Waals surface area contributed by atoms with Gasteiger partial charge in [0.05, 0.1) is 10.7 Å². The minimum absolute atomic E-state index is 0.0110. The van der Waals surface area contributed by atoms with Gasteiger partial charge < -0.3 is 5.11 Å². The molecule has 20 heavy (non-hydrogen) atoms. The van der Waals surface area contributed by atoms with Crippen LogP contribution in [0.4, 0.5) is 5.69 Å². The van der Waals surface area contributed by atoms with Crippen molar-refractivity contribution in [2.75, 3.05) is 4.72 Å². The third kappa shape index (κ3) is 2.66. The molecule has 2 rings (SSSR count). The zero-order valence-corrected chi connectivity index (χ0v) is 11.5. The molecule has 0 bridgehead atoms. The lowest BCUT2D eigenvalue weighted by Gasteiger charge is -2.10. The van der Waals surface area contributed by atoms with E-state index >= 15 is 0 Å². The fourth-order valence-corrected chi connectivity index (χ4v) is 2.84. The van der Waals surface area contributed by atoms with E-state index in [2.05, 4.69) is 9.71 Å². The van der Waals surface area contributed by atoms with Crippen molar-refractivity contribution in [3.8, 4) is 11.8 Å². The molecule has 6 nitrogen and oxygen atoms in total. The Kier molecular flexibility index (Phi) is 3.79. The Morgan fingerprint density at radius 2 is 2.05 bits per heavy atom. The summed E-state index contributed by atoms with van der Waals surface area (Å²) in [5.74, 6) is -0.389. The van der Waals surface area contributed by atoms with Crippen molar-refractivity contribution in [1.82, 2.24) is 4.98 Å². The molecular weight excluding hydrogens is 302 g/mol. The van der Waals surface area contributed by atoms with Crippen molar-refractivity contribution >= 4 is 27.3 Å². The maximum Gasteiger partial charge on any atom is 0.264 e. The molecule has 1 aromatic carbocycles. The zero-order chi connectivity index (χ0) is 14.8. The second-order valence-electron chi connectivity index (χ2n) is 3.70. The van der Waals surface area contributed by atoms with Gasteiger partial charge in [-0.25, -0.2) is 13.4 Å². The van der Waals surface area contributed by atoms with E-state index in [-0.39, 0.29) is 27.0 Å². The van der Waals surface area contributed by atoms with Crippen LogP contribution in [-0.4, -0.2) is 18.5 Å². The third-order valence-electron chi connectivity index (χ3n) is 2.40. The first kappa shape index (κ1) is 14.1. The Balaban J connectivity index is 2.47. The molecule has 2 aromatic rings. The van der Waals surface area contributed by atoms with E-state index in [9.17, 15) is 13.5 Å². The number of nitrogens with zero attached hydrogens (tertiary/aromatic N) is 2. The van der Waals surface area contributed by atoms with Crippen molar-refractivity contribution in [3.05, 3.63) is 47.2 Å². The number of pyridine rings is 1. The van der Waals surface area contributed by atoms with E-state index in [0.29, 0.717) is 0 Å². The average Bonchev–Trinajstić information content (AvgIpc) is 2.43. The predicted octanol–water partition coefficient (Wildman–Crippen LogP) is 2.11. The van der Waals surface area contributed by atoms with E-state index in [4.69, 9.17) is 16.9 Å². The molecular formula is C12H8ClN3O3S. The second-order valence-corrected chi connectivity index (χ2v) is 5.76. The van der Waals surface area contributed by atoms with Gasteiger partial charge in [-0.2, -0.15) is 5.26 Å². The normalized spacial score (nSPS) is 10.8. The van der Waals surface area contributed by atoms with Gasteiger partial charge in [-0.3, -0.25) is 4.72 Å². The molecule has 0 saturated carbocycles. The standard InChI is InChI=1S/C12H8ClN3O3S/c13-8-3-1-4-9(12(8)17)16-20(18,19)11-5-2-6-15-10(11)7-14/h1-6,16-17H. The van der Waals surface area contributed by atoms with E-state index < -0.39 is 10.0 Å². The predicted molar refractivity (Wildman–Crippen MR) is 72.9 cm³/mol. The van der Waals surface area contributed by atoms with Gasteiger partial charge in [0.2, 0.25) is 0 Å². The first-order chi connectivity index (χ1) is 9.45. The number of rotatable bonds is 3. The van der Waals surface area contributed by atoms with Crippen molar-refractivity contribution in [2.45, 2.75) is 4.90 Å². The number of benzene rings is 1. The first-order valence-corrected chi connectivity index (χ1v) is 7.17. The molecule has 0 saturated heterocycles. The van der Waals surface area contributed by atoms with Gasteiger partial charge >= 0.3 is 0 Å². The van der Waals surface area contributed by atoms with Crippen molar-refractivity contribution in [3.63, 3.8) is 0 Å². The van der Waals surface area contributed by atoms with Crippen molar-refractivity contribution in [1.29, 1.82) is 5.26 Å². The van der Waals surface area contributed by atoms with Crippen LogP contribution in [0.3, 0.4) is 0 Å². The minimum atomic E-state index is -4.05. The molecule has 102 valence electrons. The highest BCUT2D eigenvalue weighted by Crippen LogP contribution is 2.32. The Morgan fingerprint density at radius 3 is 2.75 bits per heavy atom. The molecule has 2 N–H and O–H groups in total. The Bertz CT molecular complexity index is 800. The summed E-state index contributed by atoms with van der Waals surface area (Å²) in [6, 6.07) is 8.58. The Morgan fingerprint density at radius 1 is 1.30 bits per heavy atom. The number of anilines is 1. The quantitative estimate of drug-likeness (QED) is 0.845. The summed E-state index contributed by atoms with van der Waals surface area (Å²) in [5, 5.41) is 18.6. The molecule has 0 spiro atoms. The van der Waals surface area contributed by atoms with Crippen LogP contribution in [0.1, 0.15) is 5.69 Å². The lowest BCUT2D eigenvalue weighted by atomic mass is 10.3. The van der Waals surface area contributed by atoms with Crippen molar-refractivity contribution in [2.24, 2.45) is 0 Å². The number of halogens is 1. The topological polar surface area (TPSA) is 103 Å². The lowest BCUT2D eigenvalue weighted by molar-refractivity contribution is 0.478. The monoisotopic (exact) mass is 309 g/mol. The van der Waals surface area contributed by atoms with E-state index in [1.165, 1.54) is 36.5 Å². The van der Waals surface area contributed by atoms with Gasteiger partial charge in [-0.1, -0.05) is 17.7 Å². The van der Waals surface area contributed by atoms with Gasteiger partial charge in [0.1, 0.15) is 11.0 Å². The molecule has 0 atom stereocenters. The number of aromatic nitrogens is 1. The van der Waals surface area contributed by atoms with E-state index in [1.807, 2.05) is 0 Å². The molecule has 8 heteroatoms. The maximum atomic E-state index is 12.2. The highest BCUT2D eigenvalue weighted by molar-refractivity contribution is 7.92. The summed E-state index contributed by atoms with van der Waals surface area (Å²) in [7, 11) is -4.05. The number of hydrogen-bond donors (Lipinski definition) is 2. The number of nitriles is 1. The molecule has 0 aliphatic heterocycles. The fourth-order valence-electron chi connectivity index (χ4n) is 1.49. The summed E-state index contributed by atoms with van der Waals surface area (Å²) in [6.07, 6.45) is 1.31. The van der Waals surface area contributed by atoms with Gasteiger partial charge in [0.25, 0.3) is 10.0 Å². The van der Waals surface area contributed by atoms with Crippen LogP contribution in [0, 0.1) is 11.3 Å². The number of para-hydroxylation sites is 1. The van der Waals surface area contributed by atoms with E-state index in [1.54, 1.807) is 6.07 Å². The molecule has 0 amide bonds. The number of phenolic OH excluding ortho intramolecular Hbond substituents is 1. The molecule has 0 unspecified atom stereocenters. The number of nitrogens with one attached hydrogen (secondary N) is 1. The molecule has 0 radical (unpaired) electrons. The lowest BCUT2D eigenvalue weighted by Crippen LogP contribution is -2.15. The zero-order valence-electron chi connectivity index (χ0n) is 9.91. The van der Waals surface area contributed by atoms with Gasteiger partial charge in [-0.05, 0) is 24.3 Å². The van der Waals surface area contributed by atoms with Crippen LogP contribution in [0.25, 0.3) is 0 Å². The first-order valence-electron chi connectivity index (χ1n) is 5.31. The number of hydrogen-bond acceptors (Lipinski definition) is 5. The van der Waals surface area contributed by atoms with Crippen LogP contribution in [0.2, 0.25) is 5.02 Å². The highest BCUT2D eigenvalue weighted by Gasteiger charge is 2.21. The third-order valence-corrected chi connectivity index (χ3v) is 4.10. The number of sulfonamides is 1. The summed E-state index contributed by atoms with van der Waals surface area (Å²) < 4.78 is 26.5. The summed E-state index contributed by atoms with van der Waals surface area (Å²) >= 11 is 5.70. The summed E-state index contributed by atoms with van der Waals surface area (Å²) in [5.41, 5.74) is -0.313. The van der Waals surface area contributed by atoms with Crippen LogP contribution < -0.4 is 4.72 Å². The molecule has 1 heterocycles. The Labute approximate surface area is 120 Å². The SMILES string of the molecule is N#Cc1ncccc1S(=O)(=O)Nc1cccc(Cl)c1O. The van der Waals surface area contributed by atoms with Crippen LogP contribution in [0.5, 0.6) is 5.75 Å². The van der Waals surface area contributed by atoms with Gasteiger partial charge in [0, 0.05) is 6.20 Å². The molecule has 0 aliphatic rings. The summed E-state index contributed by atoms with van der Waals surface area (Å²) in [4.78, 5) is 3.40. The van der Waals surface area contributed by atoms with Gasteiger partial charge in [-0.15, -0.1) is 0 Å². The van der Waals surface area contributed by atoms with E-state index in [0.717, 1.165) is 0 Å². The highest BCUT2D eigenvalue weighted by atomic mass is 35.5. The fraction of sp³-hybridized carbons (Fsp3) is 0. The van der Waals surface area contributed by atoms with Crippen LogP contribution in [0.15, 0.2) is 41.4 Å². The van der Waals surface area contributed by atoms with Crippen LogP contribution in [-0.2, 0) is 10.0 Å². The maximum absolute atomic E-state index is 12.2. The molecule has 0 aliphatic carbocycles.